The van der Waals surface area contributed by atoms with Crippen LogP contribution in [-0.4, -0.2) is 0 Å². The summed E-state index contributed by atoms with van der Waals surface area (Å²) in [5.41, 5.74) is 0. The summed E-state index contributed by atoms with van der Waals surface area (Å²) in [5, 5.41) is 0. The molecule has 1 heteroatoms. The summed E-state index contributed by atoms with van der Waals surface area (Å²) in [7, 11) is 0. The standard InChI is InChI=1S/2C7H7.C2H4.Fe/c2*1-2-7-5-3-4-6-7;1-2;/h2*2-6H,1H2;1-2H2;. The molecule has 1 spiro atoms. The monoisotopic (exact) mass is 266 g/mol. The minimum absolute atomic E-state index is 0.891. The zero-order valence-corrected chi connectivity index (χ0v) is 11.1. The quantitative estimate of drug-likeness (QED) is 0.470. The molecule has 10 fully saturated rings. The molecule has 0 N–H and O–H groups in total. The van der Waals surface area contributed by atoms with Gasteiger partial charge in [0.05, 0.1) is 0 Å². The third-order valence-corrected chi connectivity index (χ3v) is 58.8. The molecule has 10 aliphatic rings. The molecule has 0 nitrogen and oxygen atoms in total. The van der Waals surface area contributed by atoms with Gasteiger partial charge in [-0.1, -0.05) is 0 Å². The third kappa shape index (κ3) is 0.0553. The number of hydrogen-bond acceptors (Lipinski definition) is 0. The Bertz CT molecular complexity index is 921. The van der Waals surface area contributed by atoms with E-state index in [0.29, 0.717) is 0 Å². The first kappa shape index (κ1) is 6.78. The van der Waals surface area contributed by atoms with Crippen molar-refractivity contribution in [2.75, 3.05) is 0 Å². The van der Waals surface area contributed by atoms with Crippen LogP contribution in [0, 0.1) is 0 Å². The van der Waals surface area contributed by atoms with Crippen molar-refractivity contribution in [1.29, 1.82) is 0 Å². The SMILES string of the molecule is C=C.C=C[C]12[CH]3[CH]4[CH]5[CH]1[Fe]45321678[CH]2[CH]1[CH]6[C]7(C=C)[CH]28. The molecule has 8 atom stereocenters. The van der Waals surface area contributed by atoms with Gasteiger partial charge in [-0.15, -0.1) is 13.2 Å². The van der Waals surface area contributed by atoms with Gasteiger partial charge in [-0.05, 0) is 0 Å². The van der Waals surface area contributed by atoms with E-state index in [0.717, 1.165) is 8.63 Å². The van der Waals surface area contributed by atoms with Gasteiger partial charge in [-0.3, -0.25) is 0 Å². The average molecular weight is 266 g/mol. The Morgan fingerprint density at radius 3 is 1.12 bits per heavy atom. The van der Waals surface area contributed by atoms with Gasteiger partial charge >= 0.3 is 79.0 Å². The van der Waals surface area contributed by atoms with Crippen molar-refractivity contribution >= 4 is 0 Å². The summed E-state index contributed by atoms with van der Waals surface area (Å²) < 4.78 is 1.78. The first-order chi connectivity index (χ1) is 8.05. The van der Waals surface area contributed by atoms with Gasteiger partial charge in [0.15, 0.2) is 0 Å². The summed E-state index contributed by atoms with van der Waals surface area (Å²) in [5.74, 6) is 0. The van der Waals surface area contributed by atoms with Crippen molar-refractivity contribution in [3.63, 3.8) is 0 Å². The van der Waals surface area contributed by atoms with E-state index in [4.69, 9.17) is 0 Å². The second-order valence-corrected chi connectivity index (χ2v) is 33.6. The van der Waals surface area contributed by atoms with E-state index in [9.17, 15) is 0 Å². The van der Waals surface area contributed by atoms with Crippen LogP contribution in [0.5, 0.6) is 0 Å². The maximum absolute atomic E-state index is 4.32. The van der Waals surface area contributed by atoms with Crippen LogP contribution in [0.2, 0.25) is 47.2 Å². The summed E-state index contributed by atoms with van der Waals surface area (Å²) in [6.07, 6.45) is 5.09. The van der Waals surface area contributed by atoms with Crippen molar-refractivity contribution < 1.29 is 6.51 Å². The first-order valence-electron chi connectivity index (χ1n) is 7.04. The predicted molar refractivity (Wildman–Crippen MR) is 67.0 cm³/mol. The molecule has 0 aliphatic carbocycles. The molecular weight excluding hydrogens is 248 g/mol. The predicted octanol–water partition coefficient (Wildman–Crippen LogP) is 5.29. The molecule has 0 aromatic heterocycles. The van der Waals surface area contributed by atoms with E-state index < -0.39 is 6.51 Å². The van der Waals surface area contributed by atoms with Crippen molar-refractivity contribution in [1.82, 2.24) is 0 Å². The fraction of sp³-hybridized carbons (Fsp3) is 0.625. The topological polar surface area (TPSA) is 0 Å². The molecule has 0 amide bonds. The molecule has 10 aliphatic heterocycles. The van der Waals surface area contributed by atoms with Crippen LogP contribution >= 0.6 is 0 Å². The number of hydrogen-bond donors (Lipinski definition) is 0. The van der Waals surface area contributed by atoms with Gasteiger partial charge in [0.2, 0.25) is 0 Å². The van der Waals surface area contributed by atoms with Crippen molar-refractivity contribution in [2.45, 2.75) is 47.2 Å². The second kappa shape index (κ2) is 0.499. The van der Waals surface area contributed by atoms with Gasteiger partial charge in [0.25, 0.3) is 0 Å². The van der Waals surface area contributed by atoms with E-state index in [1.54, 1.807) is 0 Å². The van der Waals surface area contributed by atoms with E-state index in [1.165, 1.54) is 38.5 Å². The van der Waals surface area contributed by atoms with Gasteiger partial charge in [0.1, 0.15) is 0 Å². The Morgan fingerprint density at radius 2 is 1.00 bits per heavy atom. The Hall–Kier alpha value is -0.261. The van der Waals surface area contributed by atoms with Crippen LogP contribution in [0.1, 0.15) is 0 Å². The molecule has 10 rings (SSSR count). The third-order valence-electron chi connectivity index (χ3n) is 15.7. The number of rotatable bonds is 2. The van der Waals surface area contributed by atoms with Crippen LogP contribution in [0.3, 0.4) is 0 Å². The van der Waals surface area contributed by atoms with Crippen molar-refractivity contribution in [3.8, 4) is 0 Å². The van der Waals surface area contributed by atoms with E-state index in [1.807, 2.05) is 0 Å². The molecule has 17 heavy (non-hydrogen) atoms. The minimum atomic E-state index is -2.96. The summed E-state index contributed by atoms with van der Waals surface area (Å²) in [6.45, 7) is 11.7. The Labute approximate surface area is 92.1 Å². The number of allylic oxidation sites excluding steroid dienone is 2. The number of fused-ring (bicyclic) bond motifs is 10. The molecule has 0 bridgehead atoms. The Kier molecular flexibility index (Phi) is 0.199. The van der Waals surface area contributed by atoms with Crippen LogP contribution in [-0.2, 0) is 6.51 Å². The van der Waals surface area contributed by atoms with Crippen LogP contribution in [0.15, 0.2) is 38.5 Å². The van der Waals surface area contributed by atoms with E-state index in [-0.39, 0.29) is 0 Å². The van der Waals surface area contributed by atoms with Gasteiger partial charge in [0, 0.05) is 0 Å². The molecule has 0 aromatic carbocycles. The molecule has 0 aromatic rings. The Morgan fingerprint density at radius 1 is 0.706 bits per heavy atom. The maximum atomic E-state index is 4.32. The summed E-state index contributed by atoms with van der Waals surface area (Å²) in [6, 6.07) is 0. The van der Waals surface area contributed by atoms with Crippen LogP contribution < -0.4 is 0 Å². The van der Waals surface area contributed by atoms with E-state index >= 15 is 0 Å². The summed E-state index contributed by atoms with van der Waals surface area (Å²) >= 11 is 0. The first-order valence-corrected chi connectivity index (χ1v) is 13.2. The summed E-state index contributed by atoms with van der Waals surface area (Å²) in [4.78, 5) is 10.9. The fourth-order valence-corrected chi connectivity index (χ4v) is 93.8. The molecule has 10 saturated heterocycles. The molecule has 90 valence electrons. The average Bonchev–Trinajstić information content (AvgIpc) is 3.33. The van der Waals surface area contributed by atoms with Crippen LogP contribution in [0.25, 0.3) is 0 Å². The molecule has 10 heterocycles. The van der Waals surface area contributed by atoms with Gasteiger partial charge < -0.3 is 0 Å². The zero-order chi connectivity index (χ0) is 11.3. The Balaban J connectivity index is 0.000000302. The normalized spacial score (nSPS) is 122. The fourth-order valence-electron chi connectivity index (χ4n) is 18.0. The molecular formula is C16H18Fe. The van der Waals surface area contributed by atoms with Gasteiger partial charge in [-0.2, -0.15) is 0 Å². The zero-order valence-electron chi connectivity index (χ0n) is 9.96. The van der Waals surface area contributed by atoms with Crippen molar-refractivity contribution in [3.05, 3.63) is 38.5 Å². The molecule has 8 unspecified atom stereocenters. The second-order valence-electron chi connectivity index (χ2n) is 10.3. The molecule has 0 radical (unpaired) electrons. The van der Waals surface area contributed by atoms with Crippen LogP contribution in [0.4, 0.5) is 0 Å². The molecule has 0 saturated carbocycles. The van der Waals surface area contributed by atoms with Gasteiger partial charge in [-0.25, -0.2) is 0 Å². The van der Waals surface area contributed by atoms with Crippen molar-refractivity contribution in [2.24, 2.45) is 0 Å². The van der Waals surface area contributed by atoms with E-state index in [2.05, 4.69) is 38.5 Å².